The molecule has 2 rings (SSSR count). The monoisotopic (exact) mass is 243 g/mol. The number of nitrogens with one attached hydrogen (secondary N) is 1. The Morgan fingerprint density at radius 2 is 2.22 bits per heavy atom. The van der Waals surface area contributed by atoms with Crippen molar-refractivity contribution in [3.05, 3.63) is 41.1 Å². The molecule has 4 heteroatoms. The molecule has 1 aliphatic heterocycles. The molecule has 92 valence electrons. The third-order valence-electron chi connectivity index (χ3n) is 2.77. The zero-order valence-corrected chi connectivity index (χ0v) is 10.2. The van der Waals surface area contributed by atoms with Crippen LogP contribution in [0.5, 0.6) is 0 Å². The summed E-state index contributed by atoms with van der Waals surface area (Å²) in [5.74, 6) is 1.32. The molecule has 0 bridgehead atoms. The van der Waals surface area contributed by atoms with Gasteiger partial charge in [-0.2, -0.15) is 0 Å². The van der Waals surface area contributed by atoms with Crippen molar-refractivity contribution in [1.82, 2.24) is 0 Å². The molecule has 1 aromatic carbocycles. The van der Waals surface area contributed by atoms with Gasteiger partial charge in [0.25, 0.3) is 0 Å². The second-order valence-electron chi connectivity index (χ2n) is 3.90. The van der Waals surface area contributed by atoms with E-state index in [4.69, 9.17) is 4.74 Å². The van der Waals surface area contributed by atoms with E-state index in [2.05, 4.69) is 5.32 Å². The topological polar surface area (TPSA) is 55.4 Å². The van der Waals surface area contributed by atoms with E-state index < -0.39 is 5.97 Å². The maximum Gasteiger partial charge on any atom is 0.341 e. The molecule has 18 heavy (non-hydrogen) atoms. The smallest absolute Gasteiger partial charge is 0.341 e. The summed E-state index contributed by atoms with van der Waals surface area (Å²) in [6.07, 6.45) is 1.49. The first-order valence-electron chi connectivity index (χ1n) is 5.68. The van der Waals surface area contributed by atoms with Gasteiger partial charge >= 0.3 is 5.97 Å². The predicted molar refractivity (Wildman–Crippen MR) is 68.6 cm³/mol. The van der Waals surface area contributed by atoms with Gasteiger partial charge in [-0.1, -0.05) is 18.2 Å². The van der Waals surface area contributed by atoms with Crippen molar-refractivity contribution in [3.8, 4) is 0 Å². The van der Waals surface area contributed by atoms with Crippen molar-refractivity contribution >= 4 is 23.2 Å². The highest BCUT2D eigenvalue weighted by Gasteiger charge is 2.25. The van der Waals surface area contributed by atoms with E-state index in [1.165, 1.54) is 6.20 Å². The second kappa shape index (κ2) is 4.90. The Hall–Kier alpha value is -2.32. The van der Waals surface area contributed by atoms with Crippen LogP contribution in [-0.4, -0.2) is 18.5 Å². The van der Waals surface area contributed by atoms with Gasteiger partial charge in [-0.3, -0.25) is 0 Å². The number of anilines is 1. The summed E-state index contributed by atoms with van der Waals surface area (Å²) in [6.45, 7) is 3.91. The lowest BCUT2D eigenvalue weighted by Crippen LogP contribution is -2.15. The van der Waals surface area contributed by atoms with Crippen molar-refractivity contribution in [2.24, 2.45) is 0 Å². The fourth-order valence-electron chi connectivity index (χ4n) is 1.91. The number of para-hydroxylation sites is 1. The lowest BCUT2D eigenvalue weighted by Gasteiger charge is -2.19. The molecule has 0 radical (unpaired) electrons. The van der Waals surface area contributed by atoms with Gasteiger partial charge in [0.1, 0.15) is 5.94 Å². The molecule has 0 aliphatic carbocycles. The van der Waals surface area contributed by atoms with Crippen LogP contribution in [0.15, 0.2) is 30.0 Å². The van der Waals surface area contributed by atoms with E-state index in [1.807, 2.05) is 25.0 Å². The standard InChI is InChI=1S/C14H13NO3/c1-3-18-14(17)11-7-15-13-9(2)5-4-6-10(13)12(11)8-16/h4-7,15H,3H2,1-2H3. The van der Waals surface area contributed by atoms with E-state index >= 15 is 0 Å². The van der Waals surface area contributed by atoms with Crippen molar-refractivity contribution in [2.45, 2.75) is 13.8 Å². The zero-order chi connectivity index (χ0) is 13.1. The minimum atomic E-state index is -0.518. The Morgan fingerprint density at radius 3 is 2.89 bits per heavy atom. The van der Waals surface area contributed by atoms with Crippen LogP contribution in [-0.2, 0) is 14.3 Å². The molecular weight excluding hydrogens is 230 g/mol. The average Bonchev–Trinajstić information content (AvgIpc) is 2.38. The zero-order valence-electron chi connectivity index (χ0n) is 10.2. The molecule has 0 aromatic heterocycles. The number of fused-ring (bicyclic) bond motifs is 1. The molecule has 0 atom stereocenters. The highest BCUT2D eigenvalue weighted by atomic mass is 16.5. The summed E-state index contributed by atoms with van der Waals surface area (Å²) in [4.78, 5) is 22.8. The summed E-state index contributed by atoms with van der Waals surface area (Å²) in [5, 5.41) is 3.02. The van der Waals surface area contributed by atoms with Crippen LogP contribution in [0.2, 0.25) is 0 Å². The van der Waals surface area contributed by atoms with E-state index in [-0.39, 0.29) is 17.8 Å². The van der Waals surface area contributed by atoms with Crippen molar-refractivity contribution in [2.75, 3.05) is 11.9 Å². The maximum atomic E-state index is 11.7. The molecule has 0 amide bonds. The Bertz CT molecular complexity index is 581. The maximum absolute atomic E-state index is 11.7. The highest BCUT2D eigenvalue weighted by molar-refractivity contribution is 6.16. The van der Waals surface area contributed by atoms with Crippen LogP contribution in [0.1, 0.15) is 18.1 Å². The van der Waals surface area contributed by atoms with Gasteiger partial charge in [0.05, 0.1) is 17.8 Å². The molecule has 0 fully saturated rings. The van der Waals surface area contributed by atoms with Crippen molar-refractivity contribution < 1.29 is 14.3 Å². The van der Waals surface area contributed by atoms with Gasteiger partial charge in [0.2, 0.25) is 0 Å². The Kier molecular flexibility index (Phi) is 3.31. The number of hydrogen-bond acceptors (Lipinski definition) is 4. The lowest BCUT2D eigenvalue weighted by atomic mass is 9.93. The fraction of sp³-hybridized carbons (Fsp3) is 0.214. The van der Waals surface area contributed by atoms with Gasteiger partial charge in [0, 0.05) is 17.5 Å². The molecule has 0 saturated heterocycles. The first kappa shape index (κ1) is 12.1. The average molecular weight is 243 g/mol. The third kappa shape index (κ3) is 1.94. The van der Waals surface area contributed by atoms with Gasteiger partial charge in [-0.25, -0.2) is 9.59 Å². The Labute approximate surface area is 105 Å². The summed E-state index contributed by atoms with van der Waals surface area (Å²) < 4.78 is 4.91. The van der Waals surface area contributed by atoms with Crippen molar-refractivity contribution in [3.63, 3.8) is 0 Å². The number of carbonyl (C=O) groups excluding carboxylic acids is 2. The molecule has 1 heterocycles. The number of esters is 1. The van der Waals surface area contributed by atoms with E-state index in [0.717, 1.165) is 11.3 Å². The summed E-state index contributed by atoms with van der Waals surface area (Å²) in [5.41, 5.74) is 2.95. The number of hydrogen-bond donors (Lipinski definition) is 1. The molecule has 0 spiro atoms. The summed E-state index contributed by atoms with van der Waals surface area (Å²) in [7, 11) is 0. The SMILES string of the molecule is CCOC(=O)C1=CNc2c(C)cccc2C1=C=O. The largest absolute Gasteiger partial charge is 0.462 e. The fourth-order valence-corrected chi connectivity index (χ4v) is 1.91. The van der Waals surface area contributed by atoms with Gasteiger partial charge in [-0.15, -0.1) is 0 Å². The second-order valence-corrected chi connectivity index (χ2v) is 3.90. The van der Waals surface area contributed by atoms with Gasteiger partial charge in [0.15, 0.2) is 0 Å². The van der Waals surface area contributed by atoms with E-state index in [1.54, 1.807) is 13.0 Å². The minimum absolute atomic E-state index is 0.213. The number of rotatable bonds is 2. The number of ether oxygens (including phenoxy) is 1. The van der Waals surface area contributed by atoms with Crippen molar-refractivity contribution in [1.29, 1.82) is 0 Å². The van der Waals surface area contributed by atoms with Crippen LogP contribution < -0.4 is 5.32 Å². The van der Waals surface area contributed by atoms with Crippen LogP contribution in [0, 0.1) is 6.92 Å². The Morgan fingerprint density at radius 1 is 1.44 bits per heavy atom. The van der Waals surface area contributed by atoms with Crippen LogP contribution in [0.25, 0.3) is 5.57 Å². The summed E-state index contributed by atoms with van der Waals surface area (Å²) in [6, 6.07) is 5.54. The molecular formula is C14H13NO3. The predicted octanol–water partition coefficient (Wildman–Crippen LogP) is 2.08. The van der Waals surface area contributed by atoms with Crippen LogP contribution in [0.4, 0.5) is 5.69 Å². The van der Waals surface area contributed by atoms with Gasteiger partial charge in [-0.05, 0) is 19.4 Å². The molecule has 4 nitrogen and oxygen atoms in total. The first-order chi connectivity index (χ1) is 8.69. The third-order valence-corrected chi connectivity index (χ3v) is 2.77. The quantitative estimate of drug-likeness (QED) is 0.638. The number of aryl methyl sites for hydroxylation is 1. The molecule has 0 unspecified atom stereocenters. The van der Waals surface area contributed by atoms with E-state index in [0.29, 0.717) is 5.56 Å². The normalized spacial score (nSPS) is 13.0. The van der Waals surface area contributed by atoms with Gasteiger partial charge < -0.3 is 10.1 Å². The first-order valence-corrected chi connectivity index (χ1v) is 5.68. The van der Waals surface area contributed by atoms with Crippen LogP contribution in [0.3, 0.4) is 0 Å². The molecule has 1 aromatic rings. The summed E-state index contributed by atoms with van der Waals surface area (Å²) >= 11 is 0. The highest BCUT2D eigenvalue weighted by Crippen LogP contribution is 2.34. The van der Waals surface area contributed by atoms with Crippen LogP contribution >= 0.6 is 0 Å². The number of carbonyl (C=O) groups is 1. The number of benzene rings is 1. The minimum Gasteiger partial charge on any atom is -0.462 e. The molecule has 0 saturated carbocycles. The Balaban J connectivity index is 2.49. The molecule has 1 aliphatic rings. The lowest BCUT2D eigenvalue weighted by molar-refractivity contribution is -0.137. The van der Waals surface area contributed by atoms with E-state index in [9.17, 15) is 9.59 Å². The molecule has 1 N–H and O–H groups in total.